The molecular weight excluding hydrogens is 254 g/mol. The monoisotopic (exact) mass is 277 g/mol. The molecule has 2 amide bonds. The molecule has 0 aliphatic heterocycles. The third-order valence-electron chi connectivity index (χ3n) is 3.41. The Morgan fingerprint density at radius 1 is 1.30 bits per heavy atom. The van der Waals surface area contributed by atoms with E-state index in [1.807, 2.05) is 13.8 Å². The fraction of sp³-hybridized carbons (Fsp3) is 0.467. The Labute approximate surface area is 120 Å². The second-order valence-corrected chi connectivity index (χ2v) is 4.73. The summed E-state index contributed by atoms with van der Waals surface area (Å²) in [6.45, 7) is 8.58. The SMILES string of the molecule is CCN(CC)C(=O)C(C)NC(=O)c1cccc(N)c1C. The highest BCUT2D eigenvalue weighted by atomic mass is 16.2. The van der Waals surface area contributed by atoms with Gasteiger partial charge in [0.15, 0.2) is 0 Å². The Morgan fingerprint density at radius 3 is 2.45 bits per heavy atom. The lowest BCUT2D eigenvalue weighted by Gasteiger charge is -2.23. The number of anilines is 1. The molecule has 0 radical (unpaired) electrons. The first-order valence-corrected chi connectivity index (χ1v) is 6.87. The Bertz CT molecular complexity index is 496. The van der Waals surface area contributed by atoms with Crippen molar-refractivity contribution in [1.29, 1.82) is 0 Å². The van der Waals surface area contributed by atoms with E-state index in [0.717, 1.165) is 5.56 Å². The van der Waals surface area contributed by atoms with Gasteiger partial charge >= 0.3 is 0 Å². The van der Waals surface area contributed by atoms with Gasteiger partial charge in [-0.25, -0.2) is 0 Å². The topological polar surface area (TPSA) is 75.4 Å². The van der Waals surface area contributed by atoms with Gasteiger partial charge < -0.3 is 16.0 Å². The minimum Gasteiger partial charge on any atom is -0.398 e. The lowest BCUT2D eigenvalue weighted by molar-refractivity contribution is -0.132. The maximum absolute atomic E-state index is 12.2. The zero-order valence-electron chi connectivity index (χ0n) is 12.6. The van der Waals surface area contributed by atoms with Crippen LogP contribution >= 0.6 is 0 Å². The van der Waals surface area contributed by atoms with E-state index in [0.29, 0.717) is 24.3 Å². The van der Waals surface area contributed by atoms with Gasteiger partial charge in [0.2, 0.25) is 5.91 Å². The zero-order chi connectivity index (χ0) is 15.3. The summed E-state index contributed by atoms with van der Waals surface area (Å²) in [5.41, 5.74) is 7.59. The standard InChI is InChI=1S/C15H23N3O2/c1-5-18(6-2)15(20)11(4)17-14(19)12-8-7-9-13(16)10(12)3/h7-9,11H,5-6,16H2,1-4H3,(H,17,19). The predicted molar refractivity (Wildman–Crippen MR) is 80.4 cm³/mol. The van der Waals surface area contributed by atoms with Crippen molar-refractivity contribution >= 4 is 17.5 Å². The third kappa shape index (κ3) is 3.50. The molecular formula is C15H23N3O2. The van der Waals surface area contributed by atoms with Gasteiger partial charge in [-0.15, -0.1) is 0 Å². The van der Waals surface area contributed by atoms with Crippen molar-refractivity contribution < 1.29 is 9.59 Å². The summed E-state index contributed by atoms with van der Waals surface area (Å²) in [7, 11) is 0. The van der Waals surface area contributed by atoms with Crippen LogP contribution in [0.15, 0.2) is 18.2 Å². The van der Waals surface area contributed by atoms with Crippen LogP contribution < -0.4 is 11.1 Å². The first-order valence-electron chi connectivity index (χ1n) is 6.87. The van der Waals surface area contributed by atoms with Crippen LogP contribution in [-0.4, -0.2) is 35.8 Å². The summed E-state index contributed by atoms with van der Waals surface area (Å²) in [4.78, 5) is 26.0. The first kappa shape index (κ1) is 16.0. The molecule has 0 saturated carbocycles. The van der Waals surface area contributed by atoms with Crippen LogP contribution in [-0.2, 0) is 4.79 Å². The Kier molecular flexibility index (Phi) is 5.55. The molecule has 20 heavy (non-hydrogen) atoms. The first-order chi connectivity index (χ1) is 9.42. The number of nitrogens with two attached hydrogens (primary N) is 1. The van der Waals surface area contributed by atoms with Gasteiger partial charge in [-0.1, -0.05) is 6.07 Å². The Hall–Kier alpha value is -2.04. The number of carbonyl (C=O) groups is 2. The number of hydrogen-bond acceptors (Lipinski definition) is 3. The summed E-state index contributed by atoms with van der Waals surface area (Å²) in [6.07, 6.45) is 0. The van der Waals surface area contributed by atoms with Gasteiger partial charge in [0.25, 0.3) is 5.91 Å². The summed E-state index contributed by atoms with van der Waals surface area (Å²) in [6, 6.07) is 4.63. The highest BCUT2D eigenvalue weighted by Gasteiger charge is 2.21. The Balaban J connectivity index is 2.80. The molecule has 0 aliphatic carbocycles. The molecule has 0 spiro atoms. The van der Waals surface area contributed by atoms with Crippen molar-refractivity contribution in [2.24, 2.45) is 0 Å². The molecule has 0 aliphatic rings. The Morgan fingerprint density at radius 2 is 1.90 bits per heavy atom. The third-order valence-corrected chi connectivity index (χ3v) is 3.41. The van der Waals surface area contributed by atoms with Crippen LogP contribution in [0.3, 0.4) is 0 Å². The highest BCUT2D eigenvalue weighted by molar-refractivity contribution is 5.99. The largest absolute Gasteiger partial charge is 0.398 e. The van der Waals surface area contributed by atoms with Crippen molar-refractivity contribution in [3.8, 4) is 0 Å². The number of carbonyl (C=O) groups excluding carboxylic acids is 2. The lowest BCUT2D eigenvalue weighted by Crippen LogP contribution is -2.47. The van der Waals surface area contributed by atoms with E-state index in [9.17, 15) is 9.59 Å². The predicted octanol–water partition coefficient (Wildman–Crippen LogP) is 1.56. The zero-order valence-corrected chi connectivity index (χ0v) is 12.6. The summed E-state index contributed by atoms with van der Waals surface area (Å²) < 4.78 is 0. The normalized spacial score (nSPS) is 11.8. The lowest BCUT2D eigenvalue weighted by atomic mass is 10.1. The van der Waals surface area contributed by atoms with Crippen molar-refractivity contribution in [3.63, 3.8) is 0 Å². The van der Waals surface area contributed by atoms with Crippen LogP contribution in [0.4, 0.5) is 5.69 Å². The molecule has 0 bridgehead atoms. The minimum atomic E-state index is -0.553. The second kappa shape index (κ2) is 6.93. The molecule has 0 saturated heterocycles. The number of benzene rings is 1. The number of likely N-dealkylation sites (N-methyl/N-ethyl adjacent to an activating group) is 1. The molecule has 1 aromatic carbocycles. The van der Waals surface area contributed by atoms with E-state index in [-0.39, 0.29) is 11.8 Å². The van der Waals surface area contributed by atoms with Crippen LogP contribution in [0, 0.1) is 6.92 Å². The maximum atomic E-state index is 12.2. The van der Waals surface area contributed by atoms with E-state index in [2.05, 4.69) is 5.32 Å². The molecule has 3 N–H and O–H groups in total. The second-order valence-electron chi connectivity index (χ2n) is 4.73. The van der Waals surface area contributed by atoms with Gasteiger partial charge in [0.05, 0.1) is 0 Å². The van der Waals surface area contributed by atoms with Gasteiger partial charge in [0.1, 0.15) is 6.04 Å². The number of nitrogen functional groups attached to an aromatic ring is 1. The van der Waals surface area contributed by atoms with Crippen LogP contribution in [0.1, 0.15) is 36.7 Å². The molecule has 1 aromatic rings. The highest BCUT2D eigenvalue weighted by Crippen LogP contribution is 2.15. The molecule has 1 atom stereocenters. The van der Waals surface area contributed by atoms with Crippen molar-refractivity contribution in [2.75, 3.05) is 18.8 Å². The van der Waals surface area contributed by atoms with Crippen LogP contribution in [0.2, 0.25) is 0 Å². The smallest absolute Gasteiger partial charge is 0.252 e. The van der Waals surface area contributed by atoms with Gasteiger partial charge in [-0.05, 0) is 45.4 Å². The summed E-state index contributed by atoms with van der Waals surface area (Å²) in [5, 5.41) is 2.73. The maximum Gasteiger partial charge on any atom is 0.252 e. The number of hydrogen-bond donors (Lipinski definition) is 2. The average molecular weight is 277 g/mol. The fourth-order valence-corrected chi connectivity index (χ4v) is 2.04. The quantitative estimate of drug-likeness (QED) is 0.802. The summed E-state index contributed by atoms with van der Waals surface area (Å²) >= 11 is 0. The van der Waals surface area contributed by atoms with E-state index in [4.69, 9.17) is 5.73 Å². The fourth-order valence-electron chi connectivity index (χ4n) is 2.04. The van der Waals surface area contributed by atoms with Gasteiger partial charge in [-0.3, -0.25) is 9.59 Å². The summed E-state index contributed by atoms with van der Waals surface area (Å²) in [5.74, 6) is -0.354. The van der Waals surface area contributed by atoms with E-state index >= 15 is 0 Å². The number of amides is 2. The van der Waals surface area contributed by atoms with E-state index in [1.54, 1.807) is 36.9 Å². The number of nitrogens with one attached hydrogen (secondary N) is 1. The van der Waals surface area contributed by atoms with Crippen LogP contribution in [0.5, 0.6) is 0 Å². The number of rotatable bonds is 5. The molecule has 1 rings (SSSR count). The van der Waals surface area contributed by atoms with E-state index in [1.165, 1.54) is 0 Å². The molecule has 0 heterocycles. The average Bonchev–Trinajstić information content (AvgIpc) is 2.42. The molecule has 5 nitrogen and oxygen atoms in total. The molecule has 1 unspecified atom stereocenters. The van der Waals surface area contributed by atoms with E-state index < -0.39 is 6.04 Å². The van der Waals surface area contributed by atoms with Crippen molar-refractivity contribution in [3.05, 3.63) is 29.3 Å². The molecule has 0 aromatic heterocycles. The van der Waals surface area contributed by atoms with Crippen molar-refractivity contribution in [1.82, 2.24) is 10.2 Å². The minimum absolute atomic E-state index is 0.0788. The van der Waals surface area contributed by atoms with Gasteiger partial charge in [0, 0.05) is 24.3 Å². The van der Waals surface area contributed by atoms with Crippen LogP contribution in [0.25, 0.3) is 0 Å². The van der Waals surface area contributed by atoms with Crippen molar-refractivity contribution in [2.45, 2.75) is 33.7 Å². The van der Waals surface area contributed by atoms with Gasteiger partial charge in [-0.2, -0.15) is 0 Å². The molecule has 110 valence electrons. The molecule has 0 fully saturated rings. The number of nitrogens with zero attached hydrogens (tertiary/aromatic N) is 1. The molecule has 5 heteroatoms.